The summed E-state index contributed by atoms with van der Waals surface area (Å²) >= 11 is 3.37. The van der Waals surface area contributed by atoms with Crippen LogP contribution in [0.5, 0.6) is 5.75 Å². The maximum absolute atomic E-state index is 11.1. The number of aromatic nitrogens is 2. The molecule has 2 heterocycles. The summed E-state index contributed by atoms with van der Waals surface area (Å²) in [6, 6.07) is 3.76. The number of hydrogen-bond acceptors (Lipinski definition) is 3. The number of rotatable bonds is 3. The van der Waals surface area contributed by atoms with Gasteiger partial charge in [0.15, 0.2) is 0 Å². The number of carbonyl (C=O) groups excluding carboxylic acids is 1. The van der Waals surface area contributed by atoms with Gasteiger partial charge in [0.2, 0.25) is 0 Å². The molecule has 2 aromatic rings. The lowest BCUT2D eigenvalue weighted by atomic mass is 10.3. The second kappa shape index (κ2) is 4.25. The van der Waals surface area contributed by atoms with Crippen molar-refractivity contribution in [2.75, 3.05) is 7.11 Å². The standard InChI is InChI=1S/C11H11BrN2O2/c1-7(15)5-10-13-11(12)9-4-3-8(16-2)6-14(9)10/h3-4,6H,5H2,1-2H3. The van der Waals surface area contributed by atoms with Crippen molar-refractivity contribution in [2.24, 2.45) is 0 Å². The first-order chi connectivity index (χ1) is 7.61. The van der Waals surface area contributed by atoms with E-state index < -0.39 is 0 Å². The van der Waals surface area contributed by atoms with Gasteiger partial charge in [0.1, 0.15) is 22.0 Å². The summed E-state index contributed by atoms with van der Waals surface area (Å²) in [5.74, 6) is 1.54. The average molecular weight is 283 g/mol. The molecule has 0 spiro atoms. The number of carbonyl (C=O) groups is 1. The molecule has 0 N–H and O–H groups in total. The van der Waals surface area contributed by atoms with Gasteiger partial charge in [0.25, 0.3) is 0 Å². The Morgan fingerprint density at radius 2 is 2.31 bits per heavy atom. The van der Waals surface area contributed by atoms with Crippen molar-refractivity contribution in [2.45, 2.75) is 13.3 Å². The van der Waals surface area contributed by atoms with Crippen molar-refractivity contribution in [3.05, 3.63) is 28.8 Å². The van der Waals surface area contributed by atoms with Crippen molar-refractivity contribution < 1.29 is 9.53 Å². The molecule has 0 aromatic carbocycles. The van der Waals surface area contributed by atoms with Crippen molar-refractivity contribution >= 4 is 27.2 Å². The summed E-state index contributed by atoms with van der Waals surface area (Å²) in [6.45, 7) is 1.55. The molecule has 0 atom stereocenters. The number of nitrogens with zero attached hydrogens (tertiary/aromatic N) is 2. The van der Waals surface area contributed by atoms with Gasteiger partial charge in [-0.05, 0) is 35.0 Å². The van der Waals surface area contributed by atoms with Crippen LogP contribution >= 0.6 is 15.9 Å². The Kier molecular flexibility index (Phi) is 2.96. The minimum Gasteiger partial charge on any atom is -0.495 e. The van der Waals surface area contributed by atoms with E-state index in [0.717, 1.165) is 15.9 Å². The Hall–Kier alpha value is -1.36. The Bertz CT molecular complexity index is 548. The van der Waals surface area contributed by atoms with E-state index in [4.69, 9.17) is 4.74 Å². The van der Waals surface area contributed by atoms with Gasteiger partial charge in [-0.3, -0.25) is 9.20 Å². The van der Waals surface area contributed by atoms with E-state index in [2.05, 4.69) is 20.9 Å². The predicted molar refractivity (Wildman–Crippen MR) is 63.8 cm³/mol. The number of ketones is 1. The number of fused-ring (bicyclic) bond motifs is 1. The van der Waals surface area contributed by atoms with E-state index >= 15 is 0 Å². The second-order valence-electron chi connectivity index (χ2n) is 3.52. The van der Waals surface area contributed by atoms with Gasteiger partial charge < -0.3 is 4.74 Å². The third kappa shape index (κ3) is 1.95. The van der Waals surface area contributed by atoms with Crippen LogP contribution < -0.4 is 4.74 Å². The first-order valence-electron chi connectivity index (χ1n) is 4.81. The lowest BCUT2D eigenvalue weighted by Gasteiger charge is -2.02. The minimum atomic E-state index is 0.0854. The van der Waals surface area contributed by atoms with Crippen LogP contribution in [0.2, 0.25) is 0 Å². The molecule has 2 rings (SSSR count). The molecule has 0 aliphatic carbocycles. The van der Waals surface area contributed by atoms with Gasteiger partial charge in [-0.25, -0.2) is 4.98 Å². The maximum atomic E-state index is 11.1. The van der Waals surface area contributed by atoms with Crippen molar-refractivity contribution in [3.63, 3.8) is 0 Å². The van der Waals surface area contributed by atoms with E-state index in [9.17, 15) is 4.79 Å². The highest BCUT2D eigenvalue weighted by Crippen LogP contribution is 2.22. The zero-order valence-corrected chi connectivity index (χ0v) is 10.6. The molecular weight excluding hydrogens is 272 g/mol. The van der Waals surface area contributed by atoms with Crippen LogP contribution in [-0.2, 0) is 11.2 Å². The third-order valence-corrected chi connectivity index (χ3v) is 2.86. The fourth-order valence-corrected chi connectivity index (χ4v) is 2.08. The first kappa shape index (κ1) is 11.1. The molecule has 16 heavy (non-hydrogen) atoms. The topological polar surface area (TPSA) is 43.6 Å². The highest BCUT2D eigenvalue weighted by atomic mass is 79.9. The molecule has 0 aliphatic rings. The number of pyridine rings is 1. The van der Waals surface area contributed by atoms with Gasteiger partial charge in [0, 0.05) is 0 Å². The van der Waals surface area contributed by atoms with E-state index in [1.165, 1.54) is 0 Å². The number of ether oxygens (including phenoxy) is 1. The lowest BCUT2D eigenvalue weighted by Crippen LogP contribution is -2.02. The predicted octanol–water partition coefficient (Wildman–Crippen LogP) is 2.24. The van der Waals surface area contributed by atoms with Crippen molar-refractivity contribution in [3.8, 4) is 5.75 Å². The molecule has 0 radical (unpaired) electrons. The van der Waals surface area contributed by atoms with Crippen molar-refractivity contribution in [1.29, 1.82) is 0 Å². The summed E-state index contributed by atoms with van der Waals surface area (Å²) < 4.78 is 7.75. The number of imidazole rings is 1. The molecule has 0 amide bonds. The summed E-state index contributed by atoms with van der Waals surface area (Å²) in [6.07, 6.45) is 2.14. The summed E-state index contributed by atoms with van der Waals surface area (Å²) in [5.41, 5.74) is 0.928. The molecule has 0 fully saturated rings. The summed E-state index contributed by atoms with van der Waals surface area (Å²) in [5, 5.41) is 0. The molecule has 2 aromatic heterocycles. The van der Waals surface area contributed by atoms with E-state index in [1.54, 1.807) is 14.0 Å². The summed E-state index contributed by atoms with van der Waals surface area (Å²) in [7, 11) is 1.61. The molecular formula is C11H11BrN2O2. The van der Waals surface area contributed by atoms with Crippen LogP contribution in [0.3, 0.4) is 0 Å². The van der Waals surface area contributed by atoms with Gasteiger partial charge in [-0.15, -0.1) is 0 Å². The molecule has 4 nitrogen and oxygen atoms in total. The molecule has 84 valence electrons. The smallest absolute Gasteiger partial charge is 0.137 e. The quantitative estimate of drug-likeness (QED) is 0.867. The minimum absolute atomic E-state index is 0.0854. The Labute approximate surface area is 101 Å². The third-order valence-electron chi connectivity index (χ3n) is 2.28. The Morgan fingerprint density at radius 3 is 2.94 bits per heavy atom. The highest BCUT2D eigenvalue weighted by molar-refractivity contribution is 9.10. The molecule has 0 saturated carbocycles. The largest absolute Gasteiger partial charge is 0.495 e. The summed E-state index contributed by atoms with van der Waals surface area (Å²) in [4.78, 5) is 15.4. The number of hydrogen-bond donors (Lipinski definition) is 0. The number of Topliss-reactive ketones (excluding diaryl/α,β-unsaturated/α-hetero) is 1. The van der Waals surface area contributed by atoms with Gasteiger partial charge in [0.05, 0.1) is 25.2 Å². The SMILES string of the molecule is COc1ccc2c(Br)nc(CC(C)=O)n2c1. The fraction of sp³-hybridized carbons (Fsp3) is 0.273. The highest BCUT2D eigenvalue weighted by Gasteiger charge is 2.11. The molecule has 0 unspecified atom stereocenters. The fourth-order valence-electron chi connectivity index (χ4n) is 1.56. The number of halogens is 1. The van der Waals surface area contributed by atoms with E-state index in [-0.39, 0.29) is 5.78 Å². The van der Waals surface area contributed by atoms with Crippen LogP contribution in [0.25, 0.3) is 5.52 Å². The Balaban J connectivity index is 2.60. The van der Waals surface area contributed by atoms with Crippen LogP contribution in [0, 0.1) is 0 Å². The monoisotopic (exact) mass is 282 g/mol. The van der Waals surface area contributed by atoms with Crippen molar-refractivity contribution in [1.82, 2.24) is 9.38 Å². The van der Waals surface area contributed by atoms with E-state index in [1.807, 2.05) is 22.7 Å². The van der Waals surface area contributed by atoms with E-state index in [0.29, 0.717) is 12.2 Å². The molecule has 0 saturated heterocycles. The molecule has 0 aliphatic heterocycles. The zero-order valence-electron chi connectivity index (χ0n) is 9.03. The van der Waals surface area contributed by atoms with Crippen LogP contribution in [0.1, 0.15) is 12.7 Å². The normalized spacial score (nSPS) is 10.7. The lowest BCUT2D eigenvalue weighted by molar-refractivity contribution is -0.116. The van der Waals surface area contributed by atoms with Gasteiger partial charge in [-0.2, -0.15) is 0 Å². The molecule has 0 bridgehead atoms. The maximum Gasteiger partial charge on any atom is 0.137 e. The van der Waals surface area contributed by atoms with Crippen LogP contribution in [0.4, 0.5) is 0 Å². The van der Waals surface area contributed by atoms with Gasteiger partial charge >= 0.3 is 0 Å². The first-order valence-corrected chi connectivity index (χ1v) is 5.61. The van der Waals surface area contributed by atoms with Gasteiger partial charge in [-0.1, -0.05) is 0 Å². The number of methoxy groups -OCH3 is 1. The average Bonchev–Trinajstić information content (AvgIpc) is 2.54. The Morgan fingerprint density at radius 1 is 1.56 bits per heavy atom. The van der Waals surface area contributed by atoms with Crippen LogP contribution in [-0.4, -0.2) is 22.3 Å². The second-order valence-corrected chi connectivity index (χ2v) is 4.27. The molecule has 5 heteroatoms. The van der Waals surface area contributed by atoms with Crippen LogP contribution in [0.15, 0.2) is 22.9 Å². The zero-order chi connectivity index (χ0) is 11.7.